The molecule has 1 aromatic carbocycles. The van der Waals surface area contributed by atoms with Crippen molar-refractivity contribution in [2.75, 3.05) is 13.1 Å². The van der Waals surface area contributed by atoms with Crippen LogP contribution in [-0.4, -0.2) is 30.3 Å². The molecule has 0 aromatic heterocycles. The predicted octanol–water partition coefficient (Wildman–Crippen LogP) is 2.76. The molecule has 4 nitrogen and oxygen atoms in total. The molecular weight excluding hydrogens is 290 g/mol. The fraction of sp³-hybridized carbons (Fsp3) is 0.562. The van der Waals surface area contributed by atoms with E-state index in [4.69, 9.17) is 4.74 Å². The summed E-state index contributed by atoms with van der Waals surface area (Å²) >= 11 is 0. The van der Waals surface area contributed by atoms with Crippen molar-refractivity contribution in [3.63, 3.8) is 0 Å². The minimum Gasteiger partial charge on any atom is -0.441 e. The molecule has 1 aliphatic heterocycles. The highest BCUT2D eigenvalue weighted by Crippen LogP contribution is 2.26. The summed E-state index contributed by atoms with van der Waals surface area (Å²) < 4.78 is 32.0. The number of alkyl carbamates (subject to hydrolysis) is 1. The molecule has 0 aliphatic carbocycles. The number of benzene rings is 1. The van der Waals surface area contributed by atoms with Crippen LogP contribution in [0, 0.1) is 11.6 Å². The third-order valence-corrected chi connectivity index (χ3v) is 3.50. The summed E-state index contributed by atoms with van der Waals surface area (Å²) in [5.41, 5.74) is -0.530. The van der Waals surface area contributed by atoms with E-state index in [1.54, 1.807) is 0 Å². The molecule has 0 spiro atoms. The van der Waals surface area contributed by atoms with Crippen LogP contribution in [0.4, 0.5) is 13.6 Å². The monoisotopic (exact) mass is 312 g/mol. The standard InChI is InChI=1S/C16H22F2N2O2/c1-15(2,3)20-14(21)22-16(6-7-19-10-16)9-11-4-5-12(17)13(18)8-11/h4-5,8,19H,6-7,9-10H2,1-3H3,(H,20,21)/t16-/m1/s1. The number of hydrogen-bond acceptors (Lipinski definition) is 3. The molecule has 2 rings (SSSR count). The van der Waals surface area contributed by atoms with E-state index in [0.717, 1.165) is 12.1 Å². The number of amides is 1. The number of ether oxygens (including phenoxy) is 1. The van der Waals surface area contributed by atoms with Crippen molar-refractivity contribution in [3.05, 3.63) is 35.4 Å². The number of hydrogen-bond donors (Lipinski definition) is 2. The van der Waals surface area contributed by atoms with Crippen molar-refractivity contribution >= 4 is 6.09 Å². The minimum absolute atomic E-state index is 0.342. The zero-order chi connectivity index (χ0) is 16.4. The van der Waals surface area contributed by atoms with Crippen molar-refractivity contribution in [2.45, 2.75) is 44.8 Å². The van der Waals surface area contributed by atoms with Crippen LogP contribution < -0.4 is 10.6 Å². The van der Waals surface area contributed by atoms with E-state index in [2.05, 4.69) is 10.6 Å². The topological polar surface area (TPSA) is 50.4 Å². The van der Waals surface area contributed by atoms with Crippen LogP contribution in [0.25, 0.3) is 0 Å². The molecule has 0 radical (unpaired) electrons. The molecule has 6 heteroatoms. The van der Waals surface area contributed by atoms with Crippen LogP contribution in [0.1, 0.15) is 32.8 Å². The summed E-state index contributed by atoms with van der Waals surface area (Å²) in [6.07, 6.45) is 0.469. The molecule has 1 saturated heterocycles. The second-order valence-electron chi connectivity index (χ2n) is 6.80. The van der Waals surface area contributed by atoms with Gasteiger partial charge < -0.3 is 15.4 Å². The van der Waals surface area contributed by atoms with Gasteiger partial charge in [0.1, 0.15) is 5.60 Å². The maximum absolute atomic E-state index is 13.4. The second-order valence-corrected chi connectivity index (χ2v) is 6.80. The first-order chi connectivity index (χ1) is 10.2. The van der Waals surface area contributed by atoms with E-state index in [9.17, 15) is 13.6 Å². The quantitative estimate of drug-likeness (QED) is 0.902. The lowest BCUT2D eigenvalue weighted by molar-refractivity contribution is 0.0223. The second kappa shape index (κ2) is 6.20. The molecular formula is C16H22F2N2O2. The van der Waals surface area contributed by atoms with Gasteiger partial charge in [-0.2, -0.15) is 0 Å². The minimum atomic E-state index is -0.891. The Balaban J connectivity index is 2.11. The largest absolute Gasteiger partial charge is 0.441 e. The molecule has 122 valence electrons. The van der Waals surface area contributed by atoms with Gasteiger partial charge in [-0.1, -0.05) is 6.07 Å². The number of halogens is 2. The maximum Gasteiger partial charge on any atom is 0.408 e. The Morgan fingerprint density at radius 3 is 2.64 bits per heavy atom. The Kier molecular flexibility index (Phi) is 4.70. The Morgan fingerprint density at radius 2 is 2.09 bits per heavy atom. The van der Waals surface area contributed by atoms with Crippen molar-refractivity contribution in [3.8, 4) is 0 Å². The van der Waals surface area contributed by atoms with Gasteiger partial charge in [-0.3, -0.25) is 0 Å². The number of carbonyl (C=O) groups excluding carboxylic acids is 1. The molecule has 1 aliphatic rings. The predicted molar refractivity (Wildman–Crippen MR) is 79.6 cm³/mol. The lowest BCUT2D eigenvalue weighted by atomic mass is 9.93. The highest BCUT2D eigenvalue weighted by atomic mass is 19.2. The maximum atomic E-state index is 13.4. The molecule has 0 saturated carbocycles. The molecule has 0 unspecified atom stereocenters. The summed E-state index contributed by atoms with van der Waals surface area (Å²) in [4.78, 5) is 12.0. The Labute approximate surface area is 129 Å². The van der Waals surface area contributed by atoms with E-state index in [0.29, 0.717) is 31.5 Å². The molecule has 2 N–H and O–H groups in total. The lowest BCUT2D eigenvalue weighted by Crippen LogP contribution is -2.47. The zero-order valence-corrected chi connectivity index (χ0v) is 13.1. The molecule has 1 atom stereocenters. The summed E-state index contributed by atoms with van der Waals surface area (Å²) in [5, 5.41) is 5.91. The van der Waals surface area contributed by atoms with E-state index in [1.807, 2.05) is 20.8 Å². The van der Waals surface area contributed by atoms with Crippen LogP contribution in [0.2, 0.25) is 0 Å². The normalized spacial score (nSPS) is 21.7. The van der Waals surface area contributed by atoms with Gasteiger partial charge in [-0.15, -0.1) is 0 Å². The fourth-order valence-corrected chi connectivity index (χ4v) is 2.54. The SMILES string of the molecule is CC(C)(C)NC(=O)O[C@@]1(Cc2ccc(F)c(F)c2)CCNC1. The van der Waals surface area contributed by atoms with Crippen molar-refractivity contribution < 1.29 is 18.3 Å². The third-order valence-electron chi connectivity index (χ3n) is 3.50. The summed E-state index contributed by atoms with van der Waals surface area (Å²) in [5.74, 6) is -1.77. The van der Waals surface area contributed by atoms with Gasteiger partial charge in [0.2, 0.25) is 0 Å². The average Bonchev–Trinajstić information content (AvgIpc) is 2.79. The van der Waals surface area contributed by atoms with Crippen molar-refractivity contribution in [1.82, 2.24) is 10.6 Å². The first-order valence-electron chi connectivity index (χ1n) is 7.35. The highest BCUT2D eigenvalue weighted by molar-refractivity contribution is 5.68. The summed E-state index contributed by atoms with van der Waals surface area (Å²) in [7, 11) is 0. The summed E-state index contributed by atoms with van der Waals surface area (Å²) in [6.45, 7) is 6.80. The van der Waals surface area contributed by atoms with Gasteiger partial charge in [0.05, 0.1) is 0 Å². The first-order valence-corrected chi connectivity index (χ1v) is 7.35. The van der Waals surface area contributed by atoms with E-state index in [1.165, 1.54) is 6.07 Å². The molecule has 1 heterocycles. The van der Waals surface area contributed by atoms with Gasteiger partial charge >= 0.3 is 6.09 Å². The van der Waals surface area contributed by atoms with Gasteiger partial charge in [0.25, 0.3) is 0 Å². The zero-order valence-electron chi connectivity index (χ0n) is 13.1. The smallest absolute Gasteiger partial charge is 0.408 e. The first kappa shape index (κ1) is 16.7. The fourth-order valence-electron chi connectivity index (χ4n) is 2.54. The van der Waals surface area contributed by atoms with Crippen LogP contribution in [0.5, 0.6) is 0 Å². The van der Waals surface area contributed by atoms with Gasteiger partial charge in [-0.25, -0.2) is 13.6 Å². The van der Waals surface area contributed by atoms with Gasteiger partial charge in [0.15, 0.2) is 11.6 Å². The average molecular weight is 312 g/mol. The van der Waals surface area contributed by atoms with Crippen molar-refractivity contribution in [1.29, 1.82) is 0 Å². The van der Waals surface area contributed by atoms with Crippen LogP contribution in [0.15, 0.2) is 18.2 Å². The van der Waals surface area contributed by atoms with Crippen LogP contribution in [-0.2, 0) is 11.2 Å². The summed E-state index contributed by atoms with van der Waals surface area (Å²) in [6, 6.07) is 3.76. The number of rotatable bonds is 3. The van der Waals surface area contributed by atoms with Gasteiger partial charge in [0, 0.05) is 24.9 Å². The number of carbonyl (C=O) groups is 1. The van der Waals surface area contributed by atoms with E-state index in [-0.39, 0.29) is 0 Å². The lowest BCUT2D eigenvalue weighted by Gasteiger charge is -2.30. The van der Waals surface area contributed by atoms with Crippen LogP contribution in [0.3, 0.4) is 0 Å². The highest BCUT2D eigenvalue weighted by Gasteiger charge is 2.38. The van der Waals surface area contributed by atoms with E-state index >= 15 is 0 Å². The Morgan fingerprint density at radius 1 is 1.36 bits per heavy atom. The molecule has 1 amide bonds. The molecule has 1 fully saturated rings. The molecule has 22 heavy (non-hydrogen) atoms. The van der Waals surface area contributed by atoms with E-state index < -0.39 is 28.9 Å². The van der Waals surface area contributed by atoms with Crippen LogP contribution >= 0.6 is 0 Å². The van der Waals surface area contributed by atoms with Gasteiger partial charge in [-0.05, 0) is 45.0 Å². The third kappa shape index (κ3) is 4.40. The Hall–Kier alpha value is -1.69. The number of nitrogens with one attached hydrogen (secondary N) is 2. The van der Waals surface area contributed by atoms with Crippen molar-refractivity contribution in [2.24, 2.45) is 0 Å². The molecule has 1 aromatic rings. The Bertz CT molecular complexity index is 550. The molecule has 0 bridgehead atoms.